The number of rotatable bonds is 10. The zero-order chi connectivity index (χ0) is 29.5. The molecule has 1 fully saturated rings. The normalized spacial score (nSPS) is 13.7. The monoisotopic (exact) mass is 609 g/mol. The summed E-state index contributed by atoms with van der Waals surface area (Å²) in [5.74, 6) is -0.261. The second kappa shape index (κ2) is 15.6. The van der Waals surface area contributed by atoms with Crippen molar-refractivity contribution in [1.29, 1.82) is 0 Å². The Hall–Kier alpha value is -2.12. The molecule has 1 aromatic heterocycles. The molecule has 0 unspecified atom stereocenters. The third-order valence-electron chi connectivity index (χ3n) is 7.47. The molecule has 42 heavy (non-hydrogen) atoms. The molecule has 0 atom stereocenters. The van der Waals surface area contributed by atoms with Crippen molar-refractivity contribution >= 4 is 53.3 Å². The van der Waals surface area contributed by atoms with Gasteiger partial charge in [0.05, 0.1) is 16.8 Å². The fourth-order valence-electron chi connectivity index (χ4n) is 4.92. The maximum absolute atomic E-state index is 10.4. The van der Waals surface area contributed by atoms with Crippen molar-refractivity contribution in [3.63, 3.8) is 0 Å². The zero-order valence-electron chi connectivity index (χ0n) is 24.6. The van der Waals surface area contributed by atoms with E-state index in [2.05, 4.69) is 55.1 Å². The van der Waals surface area contributed by atoms with Crippen LogP contribution in [0.25, 0.3) is 23.1 Å². The van der Waals surface area contributed by atoms with Crippen LogP contribution in [-0.4, -0.2) is 21.8 Å². The maximum atomic E-state index is 10.4. The number of hydrogen-bond donors (Lipinski definition) is 2. The number of nitrogens with zero attached hydrogens (tertiary/aromatic N) is 1. The van der Waals surface area contributed by atoms with Crippen molar-refractivity contribution in [2.24, 2.45) is 5.41 Å². The first kappa shape index (κ1) is 34.4. The van der Waals surface area contributed by atoms with Gasteiger partial charge in [-0.25, -0.2) is 4.98 Å². The Morgan fingerprint density at radius 3 is 2.43 bits per heavy atom. The van der Waals surface area contributed by atoms with Gasteiger partial charge < -0.3 is 15.0 Å². The van der Waals surface area contributed by atoms with Gasteiger partial charge in [0.2, 0.25) is 0 Å². The quantitative estimate of drug-likeness (QED) is 0.208. The van der Waals surface area contributed by atoms with Crippen LogP contribution in [0.3, 0.4) is 0 Å². The molecule has 4 aromatic rings. The van der Waals surface area contributed by atoms with E-state index in [-0.39, 0.29) is 41.4 Å². The summed E-state index contributed by atoms with van der Waals surface area (Å²) in [6, 6.07) is 26.7. The van der Waals surface area contributed by atoms with E-state index in [9.17, 15) is 15.0 Å². The topological polar surface area (TPSA) is 73.2 Å². The van der Waals surface area contributed by atoms with E-state index < -0.39 is 11.6 Å². The van der Waals surface area contributed by atoms with Crippen LogP contribution in [0, 0.1) is 5.41 Å². The molecular weight excluding hydrogens is 573 g/mol. The predicted molar refractivity (Wildman–Crippen MR) is 171 cm³/mol. The summed E-state index contributed by atoms with van der Waals surface area (Å²) in [6.07, 6.45) is 9.32. The van der Waals surface area contributed by atoms with Gasteiger partial charge in [-0.05, 0) is 110 Å². The summed E-state index contributed by atoms with van der Waals surface area (Å²) in [6.45, 7) is 3.70. The second-order valence-corrected chi connectivity index (χ2v) is 12.2. The number of carboxylic acids is 1. The van der Waals surface area contributed by atoms with Gasteiger partial charge in [0.1, 0.15) is 0 Å². The molecule has 0 bridgehead atoms. The number of carbonyl (C=O) groups excluding carboxylic acids is 1. The van der Waals surface area contributed by atoms with Gasteiger partial charge in [0.25, 0.3) is 0 Å². The Balaban J connectivity index is 0.000000415. The second-order valence-electron chi connectivity index (χ2n) is 11.4. The SMILES string of the molecule is CC(C)(O)c1ccccc1CCCc1cccc(/C=C\c2ccc3ccc(Cl)cc3n2)c1.O=C([O-])CC1(CS)CC1.[Na+]. The van der Waals surface area contributed by atoms with Crippen molar-refractivity contribution < 1.29 is 44.6 Å². The molecule has 1 saturated carbocycles. The molecule has 7 heteroatoms. The number of pyridine rings is 1. The molecule has 0 radical (unpaired) electrons. The Labute approximate surface area is 281 Å². The first-order valence-electron chi connectivity index (χ1n) is 14.0. The minimum absolute atomic E-state index is 0. The number of thiol groups is 1. The summed E-state index contributed by atoms with van der Waals surface area (Å²) in [5, 5.41) is 22.3. The number of hydrogen-bond acceptors (Lipinski definition) is 5. The van der Waals surface area contributed by atoms with Gasteiger partial charge in [-0.1, -0.05) is 78.3 Å². The molecular formula is C35H37ClNNaO3S. The predicted octanol–water partition coefficient (Wildman–Crippen LogP) is 4.30. The Morgan fingerprint density at radius 1 is 1.02 bits per heavy atom. The van der Waals surface area contributed by atoms with Crippen LogP contribution in [0.15, 0.2) is 78.9 Å². The van der Waals surface area contributed by atoms with E-state index in [0.29, 0.717) is 10.8 Å². The van der Waals surface area contributed by atoms with E-state index in [1.54, 1.807) is 0 Å². The molecule has 0 amide bonds. The average molecular weight is 610 g/mol. The van der Waals surface area contributed by atoms with E-state index in [1.807, 2.05) is 62.4 Å². The first-order chi connectivity index (χ1) is 19.6. The Kier molecular flexibility index (Phi) is 12.7. The number of benzene rings is 3. The smallest absolute Gasteiger partial charge is 0.550 e. The van der Waals surface area contributed by atoms with Gasteiger partial charge in [0.15, 0.2) is 0 Å². The molecule has 0 aliphatic heterocycles. The van der Waals surface area contributed by atoms with Gasteiger partial charge in [0, 0.05) is 16.4 Å². The molecule has 1 N–H and O–H groups in total. The fourth-order valence-corrected chi connectivity index (χ4v) is 5.52. The van der Waals surface area contributed by atoms with E-state index >= 15 is 0 Å². The number of aliphatic hydroxyl groups is 1. The number of aryl methyl sites for hydroxylation is 2. The third kappa shape index (κ3) is 10.3. The average Bonchev–Trinajstić information content (AvgIpc) is 3.71. The molecule has 1 aliphatic rings. The zero-order valence-corrected chi connectivity index (χ0v) is 28.3. The number of carboxylic acid groups (broad SMARTS) is 1. The third-order valence-corrected chi connectivity index (χ3v) is 8.38. The molecule has 0 spiro atoms. The van der Waals surface area contributed by atoms with Crippen molar-refractivity contribution in [1.82, 2.24) is 4.98 Å². The van der Waals surface area contributed by atoms with Gasteiger partial charge >= 0.3 is 29.6 Å². The first-order valence-corrected chi connectivity index (χ1v) is 15.0. The fraction of sp³-hybridized carbons (Fsp3) is 0.314. The number of aliphatic carboxylic acids is 1. The van der Waals surface area contributed by atoms with E-state index in [1.165, 1.54) is 11.1 Å². The Bertz CT molecular complexity index is 1530. The molecule has 5 rings (SSSR count). The Morgan fingerprint density at radius 2 is 1.76 bits per heavy atom. The minimum atomic E-state index is -0.943. The summed E-state index contributed by atoms with van der Waals surface area (Å²) < 4.78 is 0. The number of aromatic nitrogens is 1. The van der Waals surface area contributed by atoms with Crippen molar-refractivity contribution in [2.75, 3.05) is 5.75 Å². The number of halogens is 1. The van der Waals surface area contributed by atoms with E-state index in [4.69, 9.17) is 16.6 Å². The molecule has 0 saturated heterocycles. The van der Waals surface area contributed by atoms with Crippen LogP contribution in [0.5, 0.6) is 0 Å². The minimum Gasteiger partial charge on any atom is -0.550 e. The summed E-state index contributed by atoms with van der Waals surface area (Å²) >= 11 is 10.1. The summed E-state index contributed by atoms with van der Waals surface area (Å²) in [5.41, 5.74) is 5.72. The van der Waals surface area contributed by atoms with Gasteiger partial charge in [-0.2, -0.15) is 12.6 Å². The molecule has 214 valence electrons. The maximum Gasteiger partial charge on any atom is 1.00 e. The van der Waals surface area contributed by atoms with Crippen LogP contribution >= 0.6 is 24.2 Å². The molecule has 4 nitrogen and oxygen atoms in total. The van der Waals surface area contributed by atoms with Crippen LogP contribution in [0.2, 0.25) is 5.02 Å². The van der Waals surface area contributed by atoms with Crippen LogP contribution in [-0.2, 0) is 23.2 Å². The number of carbonyl (C=O) groups is 1. The molecule has 3 aromatic carbocycles. The van der Waals surface area contributed by atoms with Crippen LogP contribution < -0.4 is 34.7 Å². The van der Waals surface area contributed by atoms with Crippen molar-refractivity contribution in [2.45, 2.75) is 58.0 Å². The summed E-state index contributed by atoms with van der Waals surface area (Å²) in [7, 11) is 0. The van der Waals surface area contributed by atoms with E-state index in [0.717, 1.165) is 59.8 Å². The van der Waals surface area contributed by atoms with Gasteiger partial charge in [-0.3, -0.25) is 0 Å². The van der Waals surface area contributed by atoms with Crippen LogP contribution in [0.1, 0.15) is 67.5 Å². The number of fused-ring (bicyclic) bond motifs is 1. The standard InChI is InChI=1S/C29H28ClNO.C6H10O2S.Na/c1-29(2,32)27-12-4-3-10-23(27)11-6-9-21-7-5-8-22(19-21)13-17-26-18-15-24-14-16-25(30)20-28(24)31-26;7-5(8)3-6(4-9)1-2-6;/h3-5,7-8,10,12-20,32H,6,9,11H2,1-2H3;9H,1-4H2,(H,7,8);/q;;+1/p-1/b17-13-;;. The van der Waals surface area contributed by atoms with Crippen molar-refractivity contribution in [3.8, 4) is 0 Å². The largest absolute Gasteiger partial charge is 1.00 e. The molecule has 1 aliphatic carbocycles. The van der Waals surface area contributed by atoms with Gasteiger partial charge in [-0.15, -0.1) is 0 Å². The molecule has 1 heterocycles. The van der Waals surface area contributed by atoms with Crippen molar-refractivity contribution in [3.05, 3.63) is 112 Å². The van der Waals surface area contributed by atoms with Crippen LogP contribution in [0.4, 0.5) is 0 Å². The summed E-state index contributed by atoms with van der Waals surface area (Å²) in [4.78, 5) is 14.8.